The van der Waals surface area contributed by atoms with Crippen molar-refractivity contribution in [3.05, 3.63) is 24.3 Å². The normalized spacial score (nSPS) is 11.8. The number of allylic oxidation sites excluding steroid dienone is 4. The van der Waals surface area contributed by atoms with Gasteiger partial charge in [-0.1, -0.05) is 282 Å². The van der Waals surface area contributed by atoms with E-state index >= 15 is 0 Å². The molecule has 0 rings (SSSR count). The number of rotatable bonds is 52. The fourth-order valence-corrected chi connectivity index (χ4v) is 8.56. The second-order valence-electron chi connectivity index (χ2n) is 18.7. The highest BCUT2D eigenvalue weighted by Crippen LogP contribution is 2.18. The summed E-state index contributed by atoms with van der Waals surface area (Å²) in [4.78, 5) is 12.0. The zero-order chi connectivity index (χ0) is 42.5. The van der Waals surface area contributed by atoms with Gasteiger partial charge in [-0.3, -0.25) is 4.79 Å². The highest BCUT2D eigenvalue weighted by atomic mass is 16.5. The lowest BCUT2D eigenvalue weighted by atomic mass is 10.0. The molecule has 0 heterocycles. The number of ether oxygens (including phenoxy) is 1. The Bertz CT molecular complexity index is 818. The maximum Gasteiger partial charge on any atom is 0.305 e. The maximum absolute atomic E-state index is 12.0. The number of carbonyl (C=O) groups is 1. The lowest BCUT2D eigenvalue weighted by Crippen LogP contribution is -2.05. The van der Waals surface area contributed by atoms with Crippen LogP contribution in [-0.4, -0.2) is 24.3 Å². The van der Waals surface area contributed by atoms with E-state index in [2.05, 4.69) is 31.2 Å². The third-order valence-corrected chi connectivity index (χ3v) is 12.6. The average molecular weight is 829 g/mol. The number of carbonyl (C=O) groups excluding carboxylic acids is 1. The summed E-state index contributed by atoms with van der Waals surface area (Å²) in [5.74, 6) is 0.0135. The predicted molar refractivity (Wildman–Crippen MR) is 264 cm³/mol. The Hall–Kier alpha value is -1.09. The Kier molecular flexibility index (Phi) is 53.9. The molecule has 0 aromatic heterocycles. The molecule has 0 aliphatic carbocycles. The molecule has 0 aromatic rings. The van der Waals surface area contributed by atoms with Gasteiger partial charge in [-0.2, -0.15) is 0 Å². The summed E-state index contributed by atoms with van der Waals surface area (Å²) in [7, 11) is 0. The van der Waals surface area contributed by atoms with Crippen molar-refractivity contribution in [2.75, 3.05) is 13.2 Å². The van der Waals surface area contributed by atoms with Gasteiger partial charge in [0.25, 0.3) is 0 Å². The van der Waals surface area contributed by atoms with Gasteiger partial charge in [0.2, 0.25) is 0 Å². The van der Waals surface area contributed by atoms with Crippen LogP contribution in [0.2, 0.25) is 0 Å². The Morgan fingerprint density at radius 2 is 0.610 bits per heavy atom. The van der Waals surface area contributed by atoms with E-state index in [1.807, 2.05) is 0 Å². The second kappa shape index (κ2) is 54.9. The molecule has 3 heteroatoms. The van der Waals surface area contributed by atoms with Crippen LogP contribution in [0, 0.1) is 0 Å². The summed E-state index contributed by atoms with van der Waals surface area (Å²) in [5.41, 5.74) is 0. The first-order valence-corrected chi connectivity index (χ1v) is 27.4. The van der Waals surface area contributed by atoms with Crippen LogP contribution in [-0.2, 0) is 9.53 Å². The van der Waals surface area contributed by atoms with E-state index in [0.717, 1.165) is 32.1 Å². The fourth-order valence-electron chi connectivity index (χ4n) is 8.56. The van der Waals surface area contributed by atoms with Crippen LogP contribution in [0.25, 0.3) is 0 Å². The van der Waals surface area contributed by atoms with E-state index in [4.69, 9.17) is 9.84 Å². The molecular formula is C56H108O3. The zero-order valence-corrected chi connectivity index (χ0v) is 40.4. The summed E-state index contributed by atoms with van der Waals surface area (Å²) in [5, 5.41) is 8.82. The van der Waals surface area contributed by atoms with Gasteiger partial charge in [-0.05, 0) is 51.4 Å². The number of esters is 1. The van der Waals surface area contributed by atoms with E-state index in [1.54, 1.807) is 0 Å². The topological polar surface area (TPSA) is 46.5 Å². The molecule has 3 nitrogen and oxygen atoms in total. The lowest BCUT2D eigenvalue weighted by molar-refractivity contribution is -0.143. The van der Waals surface area contributed by atoms with Gasteiger partial charge in [-0.25, -0.2) is 0 Å². The molecule has 0 saturated heterocycles. The smallest absolute Gasteiger partial charge is 0.305 e. The minimum Gasteiger partial charge on any atom is -0.466 e. The molecule has 0 aliphatic heterocycles. The van der Waals surface area contributed by atoms with Crippen LogP contribution in [0.1, 0.15) is 315 Å². The largest absolute Gasteiger partial charge is 0.466 e. The first-order valence-electron chi connectivity index (χ1n) is 27.4. The highest BCUT2D eigenvalue weighted by Gasteiger charge is 2.03. The van der Waals surface area contributed by atoms with Crippen molar-refractivity contribution in [3.8, 4) is 0 Å². The fraction of sp³-hybridized carbons (Fsp3) is 0.911. The minimum atomic E-state index is 0.0135. The minimum absolute atomic E-state index is 0.0135. The van der Waals surface area contributed by atoms with Crippen molar-refractivity contribution >= 4 is 5.97 Å². The molecule has 0 amide bonds. The lowest BCUT2D eigenvalue weighted by Gasteiger charge is -2.06. The molecule has 0 unspecified atom stereocenters. The molecule has 0 spiro atoms. The van der Waals surface area contributed by atoms with Gasteiger partial charge in [0.15, 0.2) is 0 Å². The summed E-state index contributed by atoms with van der Waals surface area (Å²) in [6.45, 7) is 3.25. The number of aliphatic hydroxyl groups excluding tert-OH is 1. The van der Waals surface area contributed by atoms with E-state index in [0.29, 0.717) is 19.6 Å². The monoisotopic (exact) mass is 829 g/mol. The standard InChI is InChI=1S/C56H108O3/c1-2-3-4-5-6-7-8-9-32-35-38-41-44-47-50-53-56(58)59-55-52-49-46-43-40-37-34-31-29-27-25-23-21-19-17-15-13-11-10-12-14-16-18-20-22-24-26-28-30-33-36-39-42-45-48-51-54-57/h6-7,9,32,57H,2-5,8,10-31,33-55H2,1H3/b7-6-,32-9-. The second-order valence-corrected chi connectivity index (χ2v) is 18.7. The summed E-state index contributed by atoms with van der Waals surface area (Å²) in [6.07, 6.45) is 73.6. The van der Waals surface area contributed by atoms with Gasteiger partial charge >= 0.3 is 5.97 Å². The molecule has 0 aromatic carbocycles. The van der Waals surface area contributed by atoms with Crippen LogP contribution in [0.15, 0.2) is 24.3 Å². The number of hydrogen-bond acceptors (Lipinski definition) is 3. The molecule has 0 aliphatic rings. The van der Waals surface area contributed by atoms with E-state index in [-0.39, 0.29) is 5.97 Å². The molecule has 0 saturated carbocycles. The first-order chi connectivity index (χ1) is 29.3. The Morgan fingerprint density at radius 3 is 0.932 bits per heavy atom. The van der Waals surface area contributed by atoms with E-state index in [1.165, 1.54) is 270 Å². The summed E-state index contributed by atoms with van der Waals surface area (Å²) >= 11 is 0. The number of aliphatic hydroxyl groups is 1. The van der Waals surface area contributed by atoms with Gasteiger partial charge in [0.1, 0.15) is 0 Å². The Balaban J connectivity index is 3.15. The van der Waals surface area contributed by atoms with Crippen molar-refractivity contribution in [1.29, 1.82) is 0 Å². The molecule has 0 atom stereocenters. The molecule has 0 radical (unpaired) electrons. The van der Waals surface area contributed by atoms with Crippen molar-refractivity contribution in [2.45, 2.75) is 315 Å². The third-order valence-electron chi connectivity index (χ3n) is 12.6. The van der Waals surface area contributed by atoms with Gasteiger partial charge in [-0.15, -0.1) is 0 Å². The quantitative estimate of drug-likeness (QED) is 0.0377. The summed E-state index contributed by atoms with van der Waals surface area (Å²) in [6, 6.07) is 0. The van der Waals surface area contributed by atoms with Gasteiger partial charge in [0.05, 0.1) is 6.61 Å². The molecule has 1 N–H and O–H groups in total. The number of hydrogen-bond donors (Lipinski definition) is 1. The Labute approximate surface area is 372 Å². The first kappa shape index (κ1) is 57.9. The van der Waals surface area contributed by atoms with Gasteiger partial charge in [0, 0.05) is 13.0 Å². The maximum atomic E-state index is 12.0. The molecular weight excluding hydrogens is 721 g/mol. The SMILES string of the molecule is CCCCC/C=C\C/C=C\CCCCCCCC(=O)OCCCCCCCCCCCCCCCCCCCCCCCCCCCCCCCCCCCCCCO. The van der Waals surface area contributed by atoms with Crippen LogP contribution in [0.5, 0.6) is 0 Å². The van der Waals surface area contributed by atoms with Crippen LogP contribution < -0.4 is 0 Å². The van der Waals surface area contributed by atoms with Crippen molar-refractivity contribution in [3.63, 3.8) is 0 Å². The predicted octanol–water partition coefficient (Wildman–Crippen LogP) is 19.4. The zero-order valence-electron chi connectivity index (χ0n) is 40.4. The Morgan fingerprint density at radius 1 is 0.339 bits per heavy atom. The molecule has 59 heavy (non-hydrogen) atoms. The van der Waals surface area contributed by atoms with Crippen LogP contribution in [0.4, 0.5) is 0 Å². The van der Waals surface area contributed by atoms with Crippen molar-refractivity contribution in [1.82, 2.24) is 0 Å². The van der Waals surface area contributed by atoms with Crippen molar-refractivity contribution < 1.29 is 14.6 Å². The average Bonchev–Trinajstić information content (AvgIpc) is 3.24. The number of unbranched alkanes of at least 4 members (excludes halogenated alkanes) is 43. The van der Waals surface area contributed by atoms with E-state index < -0.39 is 0 Å². The van der Waals surface area contributed by atoms with Crippen molar-refractivity contribution in [2.24, 2.45) is 0 Å². The molecule has 350 valence electrons. The van der Waals surface area contributed by atoms with E-state index in [9.17, 15) is 4.79 Å². The third kappa shape index (κ3) is 54.9. The highest BCUT2D eigenvalue weighted by molar-refractivity contribution is 5.69. The molecule has 0 bridgehead atoms. The van der Waals surface area contributed by atoms with Crippen LogP contribution >= 0.6 is 0 Å². The van der Waals surface area contributed by atoms with Gasteiger partial charge < -0.3 is 9.84 Å². The summed E-state index contributed by atoms with van der Waals surface area (Å²) < 4.78 is 5.48. The molecule has 0 fully saturated rings. The van der Waals surface area contributed by atoms with Crippen LogP contribution in [0.3, 0.4) is 0 Å².